The number of nitrogens with two attached hydrogens (primary N) is 3. The van der Waals surface area contributed by atoms with Crippen LogP contribution in [0.5, 0.6) is 11.5 Å². The number of likely N-dealkylation sites (N-methyl/N-ethyl adjacent to an activating group) is 1. The number of ether oxygens (including phenoxy) is 2. The number of ketones is 2. The van der Waals surface area contributed by atoms with E-state index in [1.165, 1.54) is 18.0 Å². The molecule has 4 aromatic carbocycles. The third-order valence-electron chi connectivity index (χ3n) is 10.1. The number of guanidine groups is 2. The molecule has 0 bridgehead atoms. The van der Waals surface area contributed by atoms with Gasteiger partial charge in [-0.1, -0.05) is 54.6 Å². The number of methoxy groups -OCH3 is 2. The van der Waals surface area contributed by atoms with Crippen molar-refractivity contribution in [1.82, 2.24) is 14.9 Å². The smallest absolute Gasteiger partial charge is 1.00 e. The molecule has 1 unspecified atom stereocenters. The molecule has 69 heavy (non-hydrogen) atoms. The Labute approximate surface area is 444 Å². The minimum absolute atomic E-state index is 0. The largest absolute Gasteiger partial charge is 1.00 e. The van der Waals surface area contributed by atoms with Crippen LogP contribution in [0.15, 0.2) is 132 Å². The molecule has 2 aromatic heterocycles. The summed E-state index contributed by atoms with van der Waals surface area (Å²) in [6, 6.07) is 27.6. The Morgan fingerprint density at radius 1 is 0.768 bits per heavy atom. The molecule has 0 fully saturated rings. The molecule has 20 heteroatoms. The maximum Gasteiger partial charge on any atom is 1.00 e. The topological polar surface area (TPSA) is 260 Å². The average Bonchev–Trinajstić information content (AvgIpc) is 3.60. The number of pyridine rings is 2. The summed E-state index contributed by atoms with van der Waals surface area (Å²) in [4.78, 5) is 74.9. The van der Waals surface area contributed by atoms with Gasteiger partial charge < -0.3 is 38.2 Å². The zero-order chi connectivity index (χ0) is 49.3. The van der Waals surface area contributed by atoms with Gasteiger partial charge in [-0.2, -0.15) is 0 Å². The summed E-state index contributed by atoms with van der Waals surface area (Å²) in [6.45, 7) is 18.4. The van der Waals surface area contributed by atoms with Crippen LogP contribution < -0.4 is 91.0 Å². The summed E-state index contributed by atoms with van der Waals surface area (Å²) in [5, 5.41) is 8.43. The summed E-state index contributed by atoms with van der Waals surface area (Å²) in [6.07, 6.45) is 6.61. The van der Waals surface area contributed by atoms with Crippen LogP contribution in [0.1, 0.15) is 44.4 Å². The SMILES string of the molecule is CN=C(N)N.O=CO[O-].[C-]#[N+]c1ccc(C(=O)C(=O)c2ccc(OC)c(C)c2)cc1-c1cccnc1.[C-]#[N+]c1ccc(C2(c3ccc(OC)c(C)c3)N=C(N)N(C)C2=O)cc1-c1cccnc1.[H-].[Na+].[Na+]. The zero-order valence-electron chi connectivity index (χ0n) is 40.3. The number of aliphatic imine (C=N–C) groups is 2. The predicted molar refractivity (Wildman–Crippen MR) is 251 cm³/mol. The molecule has 3 heterocycles. The van der Waals surface area contributed by atoms with Gasteiger partial charge in [-0.25, -0.2) is 14.7 Å². The van der Waals surface area contributed by atoms with Crippen molar-refractivity contribution >= 4 is 47.2 Å². The number of hydrogen-bond donors (Lipinski definition) is 3. The number of nitrogens with zero attached hydrogens (tertiary/aromatic N) is 7. The van der Waals surface area contributed by atoms with E-state index in [1.807, 2.05) is 50.2 Å². The van der Waals surface area contributed by atoms with E-state index in [0.717, 1.165) is 16.7 Å². The van der Waals surface area contributed by atoms with Crippen LogP contribution in [-0.2, 0) is 20.0 Å². The fourth-order valence-corrected chi connectivity index (χ4v) is 6.71. The van der Waals surface area contributed by atoms with Crippen LogP contribution in [0.25, 0.3) is 31.9 Å². The number of amides is 1. The summed E-state index contributed by atoms with van der Waals surface area (Å²) in [7, 11) is 6.30. The molecule has 1 aliphatic heterocycles. The number of rotatable bonds is 10. The van der Waals surface area contributed by atoms with E-state index in [-0.39, 0.29) is 90.4 Å². The Kier molecular flexibility index (Phi) is 23.1. The van der Waals surface area contributed by atoms with Crippen molar-refractivity contribution in [2.75, 3.05) is 28.3 Å². The molecule has 0 saturated carbocycles. The van der Waals surface area contributed by atoms with Crippen molar-refractivity contribution in [2.45, 2.75) is 19.4 Å². The average molecular weight is 949 g/mol. The van der Waals surface area contributed by atoms with E-state index < -0.39 is 17.1 Å². The van der Waals surface area contributed by atoms with E-state index in [9.17, 15) is 14.4 Å². The zero-order valence-corrected chi connectivity index (χ0v) is 43.3. The third-order valence-corrected chi connectivity index (χ3v) is 10.1. The fourth-order valence-electron chi connectivity index (χ4n) is 6.71. The van der Waals surface area contributed by atoms with Crippen molar-refractivity contribution in [2.24, 2.45) is 27.2 Å². The Morgan fingerprint density at radius 2 is 1.20 bits per heavy atom. The van der Waals surface area contributed by atoms with E-state index in [4.69, 9.17) is 49.9 Å². The molecule has 0 aliphatic carbocycles. The van der Waals surface area contributed by atoms with Gasteiger partial charge in [-0.05, 0) is 101 Å². The monoisotopic (exact) mass is 948 g/mol. The van der Waals surface area contributed by atoms with Crippen molar-refractivity contribution in [3.63, 3.8) is 0 Å². The number of aromatic nitrogens is 2. The first-order valence-corrected chi connectivity index (χ1v) is 19.7. The van der Waals surface area contributed by atoms with Gasteiger partial charge in [0.05, 0.1) is 27.4 Å². The van der Waals surface area contributed by atoms with Gasteiger partial charge in [0.1, 0.15) is 11.5 Å². The van der Waals surface area contributed by atoms with Crippen LogP contribution in [0.4, 0.5) is 11.4 Å². The van der Waals surface area contributed by atoms with E-state index in [2.05, 4.69) is 34.5 Å². The Hall–Kier alpha value is -7.26. The minimum atomic E-state index is -1.35. The van der Waals surface area contributed by atoms with Gasteiger partial charge in [-0.3, -0.25) is 39.0 Å². The molecule has 1 aliphatic rings. The Morgan fingerprint density at radius 3 is 1.61 bits per heavy atom. The second kappa shape index (κ2) is 27.5. The first-order valence-electron chi connectivity index (χ1n) is 19.7. The molecule has 0 radical (unpaired) electrons. The van der Waals surface area contributed by atoms with E-state index in [1.54, 1.807) is 101 Å². The number of Topliss-reactive ketones (excluding diaryl/α,β-unsaturated/α-hetero) is 2. The number of benzene rings is 4. The molecule has 18 nitrogen and oxygen atoms in total. The standard InChI is InChI=1S/C24H21N5O2.C22H16N2O3.C2H7N3.CH2O3.2Na.H/c1-15-12-17(8-10-21(15)31-4)24(22(30)29(3)23(25)28-24)18-7-9-20(26-2)19(13-18)16-6-5-11-27-14-16;1-14-11-15(7-9-20(14)27-3)21(25)22(26)16-6-8-19(23-2)18(12-16)17-5-4-10-24-13-17;1-5-2(3)4;2-1-4-3;;;/h5-14H,1,3-4H3,(H2,25,28);4-13H,1,3H3;1H3,(H4,3,4,5);1,3H;;;/q;;;;2*+1;-1/p-1. The van der Waals surface area contributed by atoms with Crippen LogP contribution in [0.3, 0.4) is 0 Å². The number of aryl methyl sites for hydroxylation is 2. The molecule has 0 spiro atoms. The number of hydrogen-bond acceptors (Lipinski definition) is 13. The molecule has 1 amide bonds. The van der Waals surface area contributed by atoms with Gasteiger partial charge in [-0.15, -0.1) is 0 Å². The van der Waals surface area contributed by atoms with Crippen molar-refractivity contribution in [3.8, 4) is 33.8 Å². The summed E-state index contributed by atoms with van der Waals surface area (Å²) < 4.78 is 10.6. The van der Waals surface area contributed by atoms with E-state index in [0.29, 0.717) is 56.3 Å². The normalized spacial score (nSPS) is 12.8. The molecular weight excluding hydrogens is 903 g/mol. The second-order valence-electron chi connectivity index (χ2n) is 14.1. The van der Waals surface area contributed by atoms with Crippen LogP contribution in [0, 0.1) is 27.0 Å². The van der Waals surface area contributed by atoms with Crippen molar-refractivity contribution < 1.29 is 99.3 Å². The quantitative estimate of drug-likeness (QED) is 0.0185. The number of carbonyl (C=O) groups is 4. The predicted octanol–water partition coefficient (Wildman–Crippen LogP) is -0.226. The first kappa shape index (κ1) is 57.9. The molecule has 7 rings (SSSR count). The van der Waals surface area contributed by atoms with Gasteiger partial charge >= 0.3 is 59.1 Å². The summed E-state index contributed by atoms with van der Waals surface area (Å²) >= 11 is 0. The fraction of sp³-hybridized carbons (Fsp3) is 0.143. The van der Waals surface area contributed by atoms with Gasteiger partial charge in [0.2, 0.25) is 11.6 Å². The second-order valence-corrected chi connectivity index (χ2v) is 14.1. The van der Waals surface area contributed by atoms with Crippen LogP contribution in [-0.4, -0.2) is 79.0 Å². The molecular formula is C49H46N10Na2O8. The van der Waals surface area contributed by atoms with E-state index >= 15 is 0 Å². The first-order chi connectivity index (χ1) is 32.1. The Bertz CT molecular complexity index is 2930. The maximum atomic E-state index is 13.5. The summed E-state index contributed by atoms with van der Waals surface area (Å²) in [5.74, 6) is 0.144. The van der Waals surface area contributed by atoms with Crippen LogP contribution >= 0.6 is 0 Å². The minimum Gasteiger partial charge on any atom is -1.00 e. The molecule has 1 atom stereocenters. The van der Waals surface area contributed by atoms with Crippen LogP contribution in [0.2, 0.25) is 0 Å². The molecule has 342 valence electrons. The number of carbonyl (C=O) groups excluding carboxylic acids is 4. The molecule has 6 N–H and O–H groups in total. The molecule has 0 saturated heterocycles. The molecule has 6 aromatic rings. The Balaban J connectivity index is 0.000000579. The van der Waals surface area contributed by atoms with Crippen molar-refractivity contribution in [1.29, 1.82) is 0 Å². The van der Waals surface area contributed by atoms with Gasteiger partial charge in [0.15, 0.2) is 28.8 Å². The summed E-state index contributed by atoms with van der Waals surface area (Å²) in [5.41, 5.74) is 21.5. The maximum absolute atomic E-state index is 13.5. The van der Waals surface area contributed by atoms with Crippen molar-refractivity contribution in [3.05, 3.63) is 178 Å². The third kappa shape index (κ3) is 13.9. The van der Waals surface area contributed by atoms with Gasteiger partial charge in [0.25, 0.3) is 12.4 Å². The van der Waals surface area contributed by atoms with Gasteiger partial charge in [0, 0.05) is 50.0 Å².